The molecule has 6 heteroatoms. The average Bonchev–Trinajstić information content (AvgIpc) is 2.60. The Morgan fingerprint density at radius 3 is 2.52 bits per heavy atom. The quantitative estimate of drug-likeness (QED) is 0.823. The first kappa shape index (κ1) is 16.9. The van der Waals surface area contributed by atoms with Crippen molar-refractivity contribution >= 4 is 11.8 Å². The highest BCUT2D eigenvalue weighted by atomic mass is 16.3. The van der Waals surface area contributed by atoms with E-state index in [0.29, 0.717) is 18.9 Å². The summed E-state index contributed by atoms with van der Waals surface area (Å²) in [6, 6.07) is 13.0. The van der Waals surface area contributed by atoms with Crippen LogP contribution in [0.25, 0.3) is 11.3 Å². The number of hydrogen-bond donors (Lipinski definition) is 2. The number of aliphatic hydroxyl groups is 1. The van der Waals surface area contributed by atoms with Gasteiger partial charge in [0, 0.05) is 18.7 Å². The van der Waals surface area contributed by atoms with Gasteiger partial charge in [-0.2, -0.15) is 0 Å². The molecule has 6 nitrogen and oxygen atoms in total. The Kier molecular flexibility index (Phi) is 6.50. The molecule has 2 amide bonds. The molecule has 2 aromatic rings. The summed E-state index contributed by atoms with van der Waals surface area (Å²) in [6.45, 7) is 2.92. The summed E-state index contributed by atoms with van der Waals surface area (Å²) in [7, 11) is 0. The third kappa shape index (κ3) is 5.03. The van der Waals surface area contributed by atoms with Gasteiger partial charge in [0.2, 0.25) is 0 Å². The molecule has 0 spiro atoms. The van der Waals surface area contributed by atoms with Crippen LogP contribution in [0.5, 0.6) is 0 Å². The molecule has 1 aromatic heterocycles. The molecule has 23 heavy (non-hydrogen) atoms. The normalized spacial score (nSPS) is 10.3. The molecule has 0 fully saturated rings. The van der Waals surface area contributed by atoms with Gasteiger partial charge < -0.3 is 10.0 Å². The maximum Gasteiger partial charge on any atom is 0.323 e. The predicted octanol–water partition coefficient (Wildman–Crippen LogP) is 2.77. The lowest BCUT2D eigenvalue weighted by Crippen LogP contribution is -2.38. The molecule has 1 aromatic carbocycles. The smallest absolute Gasteiger partial charge is 0.323 e. The van der Waals surface area contributed by atoms with E-state index in [2.05, 4.69) is 22.4 Å². The van der Waals surface area contributed by atoms with Crippen molar-refractivity contribution < 1.29 is 9.90 Å². The summed E-state index contributed by atoms with van der Waals surface area (Å²) in [6.07, 6.45) is 1.88. The van der Waals surface area contributed by atoms with E-state index in [1.165, 1.54) is 0 Å². The lowest BCUT2D eigenvalue weighted by Gasteiger charge is -2.21. The minimum absolute atomic E-state index is 0.0598. The number of nitrogens with one attached hydrogen (secondary N) is 1. The van der Waals surface area contributed by atoms with Crippen molar-refractivity contribution in [3.05, 3.63) is 42.5 Å². The fourth-order valence-corrected chi connectivity index (χ4v) is 2.14. The van der Waals surface area contributed by atoms with Crippen LogP contribution < -0.4 is 5.32 Å². The van der Waals surface area contributed by atoms with Gasteiger partial charge in [-0.25, -0.2) is 4.79 Å². The van der Waals surface area contributed by atoms with Crippen LogP contribution in [0.3, 0.4) is 0 Å². The van der Waals surface area contributed by atoms with E-state index < -0.39 is 0 Å². The zero-order valence-corrected chi connectivity index (χ0v) is 13.3. The SMILES string of the molecule is CCCCN(CCO)C(=O)Nc1ccc(-c2ccccc2)nn1. The highest BCUT2D eigenvalue weighted by molar-refractivity contribution is 5.88. The molecular weight excluding hydrogens is 292 g/mol. The molecule has 122 valence electrons. The van der Waals surface area contributed by atoms with Crippen molar-refractivity contribution in [3.63, 3.8) is 0 Å². The number of anilines is 1. The summed E-state index contributed by atoms with van der Waals surface area (Å²) in [5.41, 5.74) is 1.73. The monoisotopic (exact) mass is 314 g/mol. The van der Waals surface area contributed by atoms with E-state index >= 15 is 0 Å². The van der Waals surface area contributed by atoms with Crippen LogP contribution in [0.4, 0.5) is 10.6 Å². The lowest BCUT2D eigenvalue weighted by atomic mass is 10.1. The molecule has 0 aliphatic carbocycles. The number of hydrogen-bond acceptors (Lipinski definition) is 4. The molecule has 2 N–H and O–H groups in total. The Labute approximate surface area is 136 Å². The van der Waals surface area contributed by atoms with Gasteiger partial charge in [0.05, 0.1) is 12.3 Å². The summed E-state index contributed by atoms with van der Waals surface area (Å²) in [4.78, 5) is 13.8. The summed E-state index contributed by atoms with van der Waals surface area (Å²) in [5.74, 6) is 0.397. The van der Waals surface area contributed by atoms with E-state index in [1.807, 2.05) is 36.4 Å². The number of carbonyl (C=O) groups is 1. The number of urea groups is 1. The number of aromatic nitrogens is 2. The van der Waals surface area contributed by atoms with Crippen LogP contribution in [-0.4, -0.2) is 45.9 Å². The Bertz CT molecular complexity index is 602. The van der Waals surface area contributed by atoms with Crippen LogP contribution in [0.1, 0.15) is 19.8 Å². The van der Waals surface area contributed by atoms with Gasteiger partial charge in [-0.05, 0) is 18.6 Å². The van der Waals surface area contributed by atoms with Crippen molar-refractivity contribution in [2.75, 3.05) is 25.0 Å². The van der Waals surface area contributed by atoms with Gasteiger partial charge in [0.15, 0.2) is 5.82 Å². The summed E-state index contributed by atoms with van der Waals surface area (Å²) in [5, 5.41) is 20.0. The van der Waals surface area contributed by atoms with Crippen LogP contribution in [-0.2, 0) is 0 Å². The van der Waals surface area contributed by atoms with Gasteiger partial charge >= 0.3 is 6.03 Å². The zero-order chi connectivity index (χ0) is 16.5. The van der Waals surface area contributed by atoms with Crippen molar-refractivity contribution in [3.8, 4) is 11.3 Å². The molecule has 0 bridgehead atoms. The minimum Gasteiger partial charge on any atom is -0.395 e. The number of aliphatic hydroxyl groups excluding tert-OH is 1. The van der Waals surface area contributed by atoms with Gasteiger partial charge in [-0.3, -0.25) is 5.32 Å². The fourth-order valence-electron chi connectivity index (χ4n) is 2.14. The van der Waals surface area contributed by atoms with E-state index in [-0.39, 0.29) is 12.6 Å². The predicted molar refractivity (Wildman–Crippen MR) is 90.1 cm³/mol. The molecule has 0 saturated carbocycles. The van der Waals surface area contributed by atoms with Crippen molar-refractivity contribution in [1.29, 1.82) is 0 Å². The van der Waals surface area contributed by atoms with Crippen LogP contribution in [0.2, 0.25) is 0 Å². The third-order valence-electron chi connectivity index (χ3n) is 3.41. The van der Waals surface area contributed by atoms with E-state index in [0.717, 1.165) is 24.1 Å². The minimum atomic E-state index is -0.269. The zero-order valence-electron chi connectivity index (χ0n) is 13.3. The lowest BCUT2D eigenvalue weighted by molar-refractivity contribution is 0.187. The fraction of sp³-hybridized carbons (Fsp3) is 0.353. The van der Waals surface area contributed by atoms with Crippen LogP contribution in [0, 0.1) is 0 Å². The Hall–Kier alpha value is -2.47. The molecule has 0 radical (unpaired) electrons. The first-order valence-corrected chi connectivity index (χ1v) is 7.80. The first-order valence-electron chi connectivity index (χ1n) is 7.80. The van der Waals surface area contributed by atoms with Gasteiger partial charge in [0.1, 0.15) is 0 Å². The number of unbranched alkanes of at least 4 members (excludes halogenated alkanes) is 1. The number of rotatable bonds is 7. The van der Waals surface area contributed by atoms with E-state index in [1.54, 1.807) is 11.0 Å². The third-order valence-corrected chi connectivity index (χ3v) is 3.41. The van der Waals surface area contributed by atoms with Gasteiger partial charge in [-0.15, -0.1) is 10.2 Å². The second-order valence-electron chi connectivity index (χ2n) is 5.16. The second kappa shape index (κ2) is 8.85. The first-order chi connectivity index (χ1) is 11.2. The van der Waals surface area contributed by atoms with Crippen molar-refractivity contribution in [2.45, 2.75) is 19.8 Å². The van der Waals surface area contributed by atoms with Crippen molar-refractivity contribution in [2.24, 2.45) is 0 Å². The Balaban J connectivity index is 2.00. The standard InChI is InChI=1S/C17H22N4O2/c1-2-3-11-21(12-13-22)17(23)18-16-10-9-15(19-20-16)14-7-5-4-6-8-14/h4-10,22H,2-3,11-13H2,1H3,(H,18,20,23). The van der Waals surface area contributed by atoms with E-state index in [9.17, 15) is 4.79 Å². The summed E-state index contributed by atoms with van der Waals surface area (Å²) >= 11 is 0. The van der Waals surface area contributed by atoms with Gasteiger partial charge in [-0.1, -0.05) is 43.7 Å². The largest absolute Gasteiger partial charge is 0.395 e. The number of amides is 2. The molecule has 0 saturated heterocycles. The Morgan fingerprint density at radius 2 is 1.91 bits per heavy atom. The van der Waals surface area contributed by atoms with E-state index in [4.69, 9.17) is 5.11 Å². The van der Waals surface area contributed by atoms with Crippen LogP contribution in [0.15, 0.2) is 42.5 Å². The van der Waals surface area contributed by atoms with Crippen molar-refractivity contribution in [1.82, 2.24) is 15.1 Å². The average molecular weight is 314 g/mol. The highest BCUT2D eigenvalue weighted by Gasteiger charge is 2.13. The molecule has 0 aliphatic heterocycles. The molecule has 0 atom stereocenters. The number of carbonyl (C=O) groups excluding carboxylic acids is 1. The van der Waals surface area contributed by atoms with Gasteiger partial charge in [0.25, 0.3) is 0 Å². The molecule has 0 unspecified atom stereocenters. The second-order valence-corrected chi connectivity index (χ2v) is 5.16. The Morgan fingerprint density at radius 1 is 1.13 bits per heavy atom. The number of nitrogens with zero attached hydrogens (tertiary/aromatic N) is 3. The summed E-state index contributed by atoms with van der Waals surface area (Å²) < 4.78 is 0. The maximum absolute atomic E-state index is 12.2. The highest BCUT2D eigenvalue weighted by Crippen LogP contribution is 2.16. The molecular formula is C17H22N4O2. The number of benzene rings is 1. The topological polar surface area (TPSA) is 78.4 Å². The molecule has 2 rings (SSSR count). The van der Waals surface area contributed by atoms with Crippen LogP contribution >= 0.6 is 0 Å². The molecule has 1 heterocycles. The molecule has 0 aliphatic rings. The maximum atomic E-state index is 12.2.